The van der Waals surface area contributed by atoms with Crippen molar-refractivity contribution in [1.82, 2.24) is 15.2 Å². The number of ether oxygens (including phenoxy) is 1. The first kappa shape index (κ1) is 17.3. The molecule has 2 aromatic rings. The van der Waals surface area contributed by atoms with Crippen molar-refractivity contribution in [3.8, 4) is 5.75 Å². The van der Waals surface area contributed by atoms with Crippen molar-refractivity contribution in [2.24, 2.45) is 0 Å². The normalized spacial score (nSPS) is 14.9. The molecule has 6 heteroatoms. The fourth-order valence-electron chi connectivity index (χ4n) is 3.18. The summed E-state index contributed by atoms with van der Waals surface area (Å²) in [6.45, 7) is 6.29. The number of carbonyl (C=O) groups is 1. The molecule has 6 nitrogen and oxygen atoms in total. The Morgan fingerprint density at radius 3 is 2.84 bits per heavy atom. The van der Waals surface area contributed by atoms with Gasteiger partial charge in [0.25, 0.3) is 0 Å². The van der Waals surface area contributed by atoms with Gasteiger partial charge in [0.15, 0.2) is 0 Å². The molecule has 1 saturated carbocycles. The van der Waals surface area contributed by atoms with Crippen LogP contribution in [0.25, 0.3) is 0 Å². The molecular formula is C19H25N3O3. The van der Waals surface area contributed by atoms with E-state index in [1.54, 1.807) is 19.6 Å². The third-order valence-corrected chi connectivity index (χ3v) is 4.70. The van der Waals surface area contributed by atoms with Gasteiger partial charge in [-0.2, -0.15) is 0 Å². The van der Waals surface area contributed by atoms with E-state index in [0.29, 0.717) is 6.54 Å². The van der Waals surface area contributed by atoms with E-state index in [0.717, 1.165) is 41.2 Å². The predicted octanol–water partition coefficient (Wildman–Crippen LogP) is 3.74. The van der Waals surface area contributed by atoms with Gasteiger partial charge in [0.1, 0.15) is 11.5 Å². The van der Waals surface area contributed by atoms with Crippen molar-refractivity contribution < 1.29 is 13.9 Å². The number of aromatic nitrogens is 1. The van der Waals surface area contributed by atoms with E-state index in [-0.39, 0.29) is 18.1 Å². The van der Waals surface area contributed by atoms with E-state index in [9.17, 15) is 4.79 Å². The molecule has 134 valence electrons. The van der Waals surface area contributed by atoms with E-state index in [2.05, 4.69) is 10.3 Å². The van der Waals surface area contributed by atoms with Crippen LogP contribution in [0.5, 0.6) is 5.75 Å². The Morgan fingerprint density at radius 2 is 2.24 bits per heavy atom. The van der Waals surface area contributed by atoms with Gasteiger partial charge in [-0.25, -0.2) is 4.79 Å². The average molecular weight is 343 g/mol. The summed E-state index contributed by atoms with van der Waals surface area (Å²) in [6.07, 6.45) is 5.49. The van der Waals surface area contributed by atoms with Gasteiger partial charge in [0, 0.05) is 23.4 Å². The fourth-order valence-corrected chi connectivity index (χ4v) is 3.18. The van der Waals surface area contributed by atoms with E-state index >= 15 is 0 Å². The van der Waals surface area contributed by atoms with Crippen LogP contribution >= 0.6 is 0 Å². The molecule has 0 unspecified atom stereocenters. The maximum absolute atomic E-state index is 12.8. The number of rotatable bonds is 6. The summed E-state index contributed by atoms with van der Waals surface area (Å²) >= 11 is 0. The van der Waals surface area contributed by atoms with Crippen LogP contribution in [0.1, 0.15) is 48.4 Å². The summed E-state index contributed by atoms with van der Waals surface area (Å²) in [7, 11) is 1.65. The number of urea groups is 1. The zero-order valence-corrected chi connectivity index (χ0v) is 15.2. The minimum absolute atomic E-state index is 0.0906. The Kier molecular flexibility index (Phi) is 4.97. The predicted molar refractivity (Wildman–Crippen MR) is 94.5 cm³/mol. The summed E-state index contributed by atoms with van der Waals surface area (Å²) in [4.78, 5) is 19.1. The maximum Gasteiger partial charge on any atom is 0.318 e. The highest BCUT2D eigenvalue weighted by molar-refractivity contribution is 5.75. The minimum Gasteiger partial charge on any atom is -0.496 e. The molecule has 0 bridgehead atoms. The van der Waals surface area contributed by atoms with Crippen LogP contribution in [-0.4, -0.2) is 29.1 Å². The summed E-state index contributed by atoms with van der Waals surface area (Å²) in [5.41, 5.74) is 2.76. The third kappa shape index (κ3) is 3.62. The molecule has 2 amide bonds. The number of furan rings is 1. The summed E-state index contributed by atoms with van der Waals surface area (Å²) < 4.78 is 10.9. The van der Waals surface area contributed by atoms with Gasteiger partial charge in [0.2, 0.25) is 0 Å². The van der Waals surface area contributed by atoms with E-state index in [1.165, 1.54) is 0 Å². The Bertz CT molecular complexity index is 739. The SMILES string of the molecule is COc1c(C)cnc(CNC(=O)N(C2CC2)[C@H](C)c2ccco2)c1C. The first-order valence-corrected chi connectivity index (χ1v) is 8.61. The Hall–Kier alpha value is -2.50. The first-order chi connectivity index (χ1) is 12.0. The molecule has 0 aliphatic heterocycles. The average Bonchev–Trinajstić information content (AvgIpc) is 3.26. The molecule has 2 heterocycles. The number of hydrogen-bond donors (Lipinski definition) is 1. The number of methoxy groups -OCH3 is 1. The van der Waals surface area contributed by atoms with Gasteiger partial charge in [-0.1, -0.05) is 0 Å². The van der Waals surface area contributed by atoms with E-state index < -0.39 is 0 Å². The summed E-state index contributed by atoms with van der Waals surface area (Å²) in [6, 6.07) is 3.85. The number of nitrogens with one attached hydrogen (secondary N) is 1. The molecule has 2 aromatic heterocycles. The van der Waals surface area contributed by atoms with Gasteiger partial charge >= 0.3 is 6.03 Å². The van der Waals surface area contributed by atoms with Crippen molar-refractivity contribution in [2.75, 3.05) is 7.11 Å². The first-order valence-electron chi connectivity index (χ1n) is 8.61. The Morgan fingerprint density at radius 1 is 1.48 bits per heavy atom. The number of amides is 2. The molecule has 0 radical (unpaired) electrons. The third-order valence-electron chi connectivity index (χ3n) is 4.70. The second-order valence-corrected chi connectivity index (χ2v) is 6.53. The van der Waals surface area contributed by atoms with Gasteiger partial charge in [-0.3, -0.25) is 4.98 Å². The molecule has 1 N–H and O–H groups in total. The van der Waals surface area contributed by atoms with Crippen LogP contribution in [0.3, 0.4) is 0 Å². The van der Waals surface area contributed by atoms with Crippen LogP contribution in [0.15, 0.2) is 29.0 Å². The topological polar surface area (TPSA) is 67.6 Å². The lowest BCUT2D eigenvalue weighted by molar-refractivity contribution is 0.166. The maximum atomic E-state index is 12.8. The number of nitrogens with zero attached hydrogens (tertiary/aromatic N) is 2. The van der Waals surface area contributed by atoms with Gasteiger partial charge in [-0.15, -0.1) is 0 Å². The smallest absolute Gasteiger partial charge is 0.318 e. The van der Waals surface area contributed by atoms with Crippen LogP contribution in [0.2, 0.25) is 0 Å². The number of carbonyl (C=O) groups excluding carboxylic acids is 1. The van der Waals surface area contributed by atoms with Gasteiger partial charge in [-0.05, 0) is 45.7 Å². The molecule has 3 rings (SSSR count). The van der Waals surface area contributed by atoms with E-state index in [1.807, 2.05) is 37.8 Å². The molecular weight excluding hydrogens is 318 g/mol. The molecule has 1 aliphatic rings. The molecule has 1 atom stereocenters. The zero-order chi connectivity index (χ0) is 18.0. The second kappa shape index (κ2) is 7.17. The second-order valence-electron chi connectivity index (χ2n) is 6.53. The summed E-state index contributed by atoms with van der Waals surface area (Å²) in [5, 5.41) is 3.00. The largest absolute Gasteiger partial charge is 0.496 e. The number of aryl methyl sites for hydroxylation is 1. The lowest BCUT2D eigenvalue weighted by Crippen LogP contribution is -2.42. The zero-order valence-electron chi connectivity index (χ0n) is 15.2. The van der Waals surface area contributed by atoms with Crippen LogP contribution in [0.4, 0.5) is 4.79 Å². The van der Waals surface area contributed by atoms with Gasteiger partial charge in [0.05, 0.1) is 31.7 Å². The van der Waals surface area contributed by atoms with Gasteiger partial charge < -0.3 is 19.4 Å². The monoisotopic (exact) mass is 343 g/mol. The highest BCUT2D eigenvalue weighted by atomic mass is 16.5. The van der Waals surface area contributed by atoms with Crippen molar-refractivity contribution in [3.63, 3.8) is 0 Å². The van der Waals surface area contributed by atoms with Crippen molar-refractivity contribution >= 4 is 6.03 Å². The quantitative estimate of drug-likeness (QED) is 0.868. The lowest BCUT2D eigenvalue weighted by Gasteiger charge is -2.28. The summed E-state index contributed by atoms with van der Waals surface area (Å²) in [5.74, 6) is 1.62. The molecule has 0 aromatic carbocycles. The molecule has 1 fully saturated rings. The van der Waals surface area contributed by atoms with Crippen molar-refractivity contribution in [1.29, 1.82) is 0 Å². The lowest BCUT2D eigenvalue weighted by atomic mass is 10.1. The Balaban J connectivity index is 1.71. The Labute approximate surface area is 148 Å². The number of pyridine rings is 1. The minimum atomic E-state index is -0.0934. The van der Waals surface area contributed by atoms with Crippen molar-refractivity contribution in [3.05, 3.63) is 47.2 Å². The molecule has 25 heavy (non-hydrogen) atoms. The highest BCUT2D eigenvalue weighted by Gasteiger charge is 2.37. The van der Waals surface area contributed by atoms with Crippen LogP contribution in [-0.2, 0) is 6.54 Å². The van der Waals surface area contributed by atoms with E-state index in [4.69, 9.17) is 9.15 Å². The molecule has 0 saturated heterocycles. The fraction of sp³-hybridized carbons (Fsp3) is 0.474. The number of hydrogen-bond acceptors (Lipinski definition) is 4. The van der Waals surface area contributed by atoms with Crippen LogP contribution < -0.4 is 10.1 Å². The standard InChI is InChI=1S/C19H25N3O3/c1-12-10-20-16(13(2)18(12)24-4)11-21-19(23)22(15-7-8-15)14(3)17-6-5-9-25-17/h5-6,9-10,14-15H,7-8,11H2,1-4H3,(H,21,23)/t14-/m1/s1. The molecule has 0 spiro atoms. The van der Waals surface area contributed by atoms with Crippen LogP contribution in [0, 0.1) is 13.8 Å². The molecule has 1 aliphatic carbocycles. The van der Waals surface area contributed by atoms with Crippen molar-refractivity contribution in [2.45, 2.75) is 52.2 Å². The highest BCUT2D eigenvalue weighted by Crippen LogP contribution is 2.34.